The third kappa shape index (κ3) is 3.24. The zero-order valence-corrected chi connectivity index (χ0v) is 9.49. The predicted octanol–water partition coefficient (Wildman–Crippen LogP) is 1.08. The van der Waals surface area contributed by atoms with Crippen molar-refractivity contribution in [1.82, 2.24) is 5.32 Å². The number of nitrogen functional groups attached to an aromatic ring is 1. The number of aryl methyl sites for hydroxylation is 1. The molecule has 0 saturated carbocycles. The van der Waals surface area contributed by atoms with Crippen molar-refractivity contribution in [2.75, 3.05) is 18.9 Å². The Morgan fingerprint density at radius 3 is 2.81 bits per heavy atom. The summed E-state index contributed by atoms with van der Waals surface area (Å²) >= 11 is 0. The van der Waals surface area contributed by atoms with Gasteiger partial charge in [0, 0.05) is 18.8 Å². The number of hydrogen-bond donors (Lipinski definition) is 3. The molecule has 1 amide bonds. The van der Waals surface area contributed by atoms with Gasteiger partial charge in [-0.15, -0.1) is 0 Å². The van der Waals surface area contributed by atoms with E-state index in [1.807, 2.05) is 19.1 Å². The van der Waals surface area contributed by atoms with Gasteiger partial charge >= 0.3 is 0 Å². The maximum atomic E-state index is 11.8. The maximum absolute atomic E-state index is 11.8. The lowest BCUT2D eigenvalue weighted by Crippen LogP contribution is -2.26. The summed E-state index contributed by atoms with van der Waals surface area (Å²) in [7, 11) is 0. The molecule has 4 heteroatoms. The van der Waals surface area contributed by atoms with Crippen molar-refractivity contribution >= 4 is 11.6 Å². The van der Waals surface area contributed by atoms with E-state index in [2.05, 4.69) is 5.32 Å². The molecule has 0 unspecified atom stereocenters. The molecule has 1 rings (SSSR count). The van der Waals surface area contributed by atoms with Crippen LogP contribution in [0.1, 0.15) is 28.8 Å². The second-order valence-corrected chi connectivity index (χ2v) is 3.73. The summed E-state index contributed by atoms with van der Waals surface area (Å²) in [5.41, 5.74) is 7.67. The van der Waals surface area contributed by atoms with Gasteiger partial charge in [0.1, 0.15) is 0 Å². The predicted molar refractivity (Wildman–Crippen MR) is 64.2 cm³/mol. The molecule has 88 valence electrons. The molecule has 16 heavy (non-hydrogen) atoms. The number of aliphatic hydroxyl groups is 1. The van der Waals surface area contributed by atoms with E-state index in [0.29, 0.717) is 24.2 Å². The minimum absolute atomic E-state index is 0.145. The second kappa shape index (κ2) is 6.12. The molecule has 0 heterocycles. The Hall–Kier alpha value is -1.55. The van der Waals surface area contributed by atoms with Crippen molar-refractivity contribution in [3.05, 3.63) is 29.3 Å². The molecular formula is C12H18N2O2. The van der Waals surface area contributed by atoms with Crippen LogP contribution in [0.15, 0.2) is 18.2 Å². The fraction of sp³-hybridized carbons (Fsp3) is 0.417. The summed E-state index contributed by atoms with van der Waals surface area (Å²) in [6, 6.07) is 5.40. The van der Waals surface area contributed by atoms with Crippen LogP contribution in [0, 0.1) is 6.92 Å². The van der Waals surface area contributed by atoms with Crippen molar-refractivity contribution in [3.8, 4) is 0 Å². The lowest BCUT2D eigenvalue weighted by molar-refractivity contribution is 0.0952. The number of nitrogens with one attached hydrogen (secondary N) is 1. The van der Waals surface area contributed by atoms with E-state index in [9.17, 15) is 4.79 Å². The number of carbonyl (C=O) groups excluding carboxylic acids is 1. The van der Waals surface area contributed by atoms with Gasteiger partial charge in [0.05, 0.1) is 5.56 Å². The molecule has 0 saturated heterocycles. The maximum Gasteiger partial charge on any atom is 0.253 e. The van der Waals surface area contributed by atoms with Crippen molar-refractivity contribution in [3.63, 3.8) is 0 Å². The summed E-state index contributed by atoms with van der Waals surface area (Å²) in [5.74, 6) is -0.145. The Labute approximate surface area is 95.5 Å². The summed E-state index contributed by atoms with van der Waals surface area (Å²) in [5, 5.41) is 11.4. The molecule has 0 aliphatic heterocycles. The van der Waals surface area contributed by atoms with Crippen LogP contribution in [-0.2, 0) is 0 Å². The fourth-order valence-electron chi connectivity index (χ4n) is 1.53. The average Bonchev–Trinajstić information content (AvgIpc) is 2.24. The molecule has 0 fully saturated rings. The number of rotatable bonds is 5. The largest absolute Gasteiger partial charge is 0.398 e. The molecule has 0 aliphatic rings. The molecule has 0 radical (unpaired) electrons. The summed E-state index contributed by atoms with van der Waals surface area (Å²) < 4.78 is 0. The Morgan fingerprint density at radius 2 is 2.19 bits per heavy atom. The fourth-order valence-corrected chi connectivity index (χ4v) is 1.53. The van der Waals surface area contributed by atoms with Gasteiger partial charge in [-0.3, -0.25) is 4.79 Å². The van der Waals surface area contributed by atoms with Gasteiger partial charge in [-0.1, -0.05) is 12.1 Å². The lowest BCUT2D eigenvalue weighted by Gasteiger charge is -2.09. The van der Waals surface area contributed by atoms with E-state index in [1.54, 1.807) is 6.07 Å². The van der Waals surface area contributed by atoms with Crippen LogP contribution in [0.2, 0.25) is 0 Å². The minimum atomic E-state index is -0.145. The van der Waals surface area contributed by atoms with Gasteiger partial charge in [0.2, 0.25) is 0 Å². The van der Waals surface area contributed by atoms with Gasteiger partial charge < -0.3 is 16.2 Å². The molecule has 0 atom stereocenters. The highest BCUT2D eigenvalue weighted by Crippen LogP contribution is 2.15. The van der Waals surface area contributed by atoms with Gasteiger partial charge in [0.25, 0.3) is 5.91 Å². The van der Waals surface area contributed by atoms with E-state index in [1.165, 1.54) is 0 Å². The quantitative estimate of drug-likeness (QED) is 0.515. The molecule has 0 bridgehead atoms. The molecule has 1 aromatic rings. The van der Waals surface area contributed by atoms with Crippen LogP contribution in [-0.4, -0.2) is 24.2 Å². The normalized spacial score (nSPS) is 10.1. The van der Waals surface area contributed by atoms with Crippen LogP contribution in [0.3, 0.4) is 0 Å². The van der Waals surface area contributed by atoms with Crippen LogP contribution < -0.4 is 11.1 Å². The molecular weight excluding hydrogens is 204 g/mol. The smallest absolute Gasteiger partial charge is 0.253 e. The zero-order valence-electron chi connectivity index (χ0n) is 9.49. The Bertz CT molecular complexity index is 344. The van der Waals surface area contributed by atoms with Gasteiger partial charge in [-0.25, -0.2) is 0 Å². The highest BCUT2D eigenvalue weighted by atomic mass is 16.2. The van der Waals surface area contributed by atoms with Crippen LogP contribution in [0.4, 0.5) is 5.69 Å². The lowest BCUT2D eigenvalue weighted by atomic mass is 10.1. The highest BCUT2D eigenvalue weighted by molar-refractivity contribution is 6.00. The molecule has 4 nitrogen and oxygen atoms in total. The van der Waals surface area contributed by atoms with E-state index < -0.39 is 0 Å². The SMILES string of the molecule is Cc1cccc(N)c1C(=O)NCCCCO. The minimum Gasteiger partial charge on any atom is -0.398 e. The van der Waals surface area contributed by atoms with E-state index in [-0.39, 0.29) is 12.5 Å². The monoisotopic (exact) mass is 222 g/mol. The number of amides is 1. The highest BCUT2D eigenvalue weighted by Gasteiger charge is 2.11. The topological polar surface area (TPSA) is 75.4 Å². The van der Waals surface area contributed by atoms with Crippen molar-refractivity contribution in [1.29, 1.82) is 0 Å². The van der Waals surface area contributed by atoms with Crippen molar-refractivity contribution in [2.24, 2.45) is 0 Å². The molecule has 0 aliphatic carbocycles. The number of aliphatic hydroxyl groups excluding tert-OH is 1. The van der Waals surface area contributed by atoms with Crippen molar-refractivity contribution in [2.45, 2.75) is 19.8 Å². The zero-order chi connectivity index (χ0) is 12.0. The Morgan fingerprint density at radius 1 is 1.44 bits per heavy atom. The van der Waals surface area contributed by atoms with Crippen molar-refractivity contribution < 1.29 is 9.90 Å². The standard InChI is InChI=1S/C12H18N2O2/c1-9-5-4-6-10(13)11(9)12(16)14-7-2-3-8-15/h4-6,15H,2-3,7-8,13H2,1H3,(H,14,16). The Kier molecular flexibility index (Phi) is 4.79. The number of carbonyl (C=O) groups is 1. The van der Waals surface area contributed by atoms with E-state index in [0.717, 1.165) is 12.0 Å². The van der Waals surface area contributed by atoms with Crippen LogP contribution in [0.5, 0.6) is 0 Å². The van der Waals surface area contributed by atoms with Crippen LogP contribution >= 0.6 is 0 Å². The number of anilines is 1. The third-order valence-corrected chi connectivity index (χ3v) is 2.40. The van der Waals surface area contributed by atoms with E-state index >= 15 is 0 Å². The number of benzene rings is 1. The average molecular weight is 222 g/mol. The summed E-state index contributed by atoms with van der Waals surface area (Å²) in [4.78, 5) is 11.8. The van der Waals surface area contributed by atoms with E-state index in [4.69, 9.17) is 10.8 Å². The molecule has 0 aromatic heterocycles. The van der Waals surface area contributed by atoms with Gasteiger partial charge in [-0.2, -0.15) is 0 Å². The van der Waals surface area contributed by atoms with Crippen LogP contribution in [0.25, 0.3) is 0 Å². The molecule has 1 aromatic carbocycles. The molecule has 4 N–H and O–H groups in total. The third-order valence-electron chi connectivity index (χ3n) is 2.40. The Balaban J connectivity index is 2.59. The molecule has 0 spiro atoms. The number of unbranched alkanes of at least 4 members (excludes halogenated alkanes) is 1. The summed E-state index contributed by atoms with van der Waals surface area (Å²) in [6.07, 6.45) is 1.47. The number of hydrogen-bond acceptors (Lipinski definition) is 3. The first-order chi connectivity index (χ1) is 7.66. The van der Waals surface area contributed by atoms with Gasteiger partial charge in [0.15, 0.2) is 0 Å². The van der Waals surface area contributed by atoms with Gasteiger partial charge in [-0.05, 0) is 31.4 Å². The first-order valence-corrected chi connectivity index (χ1v) is 5.41. The first kappa shape index (κ1) is 12.5. The second-order valence-electron chi connectivity index (χ2n) is 3.73. The first-order valence-electron chi connectivity index (χ1n) is 5.41. The number of nitrogens with two attached hydrogens (primary N) is 1. The summed E-state index contributed by atoms with van der Waals surface area (Å²) in [6.45, 7) is 2.58.